The second-order valence-electron chi connectivity index (χ2n) is 7.01. The molecule has 1 unspecified atom stereocenters. The lowest BCUT2D eigenvalue weighted by Gasteiger charge is -2.18. The molecule has 0 saturated carbocycles. The van der Waals surface area contributed by atoms with Crippen molar-refractivity contribution in [3.8, 4) is 5.75 Å². The molecular weight excluding hydrogens is 452 g/mol. The molecule has 34 heavy (non-hydrogen) atoms. The van der Waals surface area contributed by atoms with Gasteiger partial charge in [0.05, 0.1) is 12.3 Å². The van der Waals surface area contributed by atoms with Crippen LogP contribution in [0.3, 0.4) is 0 Å². The van der Waals surface area contributed by atoms with Gasteiger partial charge in [0, 0.05) is 22.7 Å². The van der Waals surface area contributed by atoms with E-state index in [1.165, 1.54) is 11.8 Å². The lowest BCUT2D eigenvalue weighted by molar-refractivity contribution is -0.131. The molecule has 0 aliphatic carbocycles. The van der Waals surface area contributed by atoms with Crippen molar-refractivity contribution < 1.29 is 24.2 Å². The zero-order chi connectivity index (χ0) is 24.3. The van der Waals surface area contributed by atoms with Gasteiger partial charge in [-0.2, -0.15) is 0 Å². The van der Waals surface area contributed by atoms with Gasteiger partial charge in [-0.1, -0.05) is 42.5 Å². The summed E-state index contributed by atoms with van der Waals surface area (Å²) in [7, 11) is 0. The largest absolute Gasteiger partial charge is 0.492 e. The number of amides is 2. The van der Waals surface area contributed by atoms with Crippen molar-refractivity contribution in [3.05, 3.63) is 96.6 Å². The number of rotatable bonds is 10. The van der Waals surface area contributed by atoms with Crippen molar-refractivity contribution in [2.75, 3.05) is 17.2 Å². The number of carbonyl (C=O) groups excluding carboxylic acids is 2. The highest BCUT2D eigenvalue weighted by atomic mass is 32.2. The summed E-state index contributed by atoms with van der Waals surface area (Å²) >= 11 is 1.37. The molecule has 3 aromatic carbocycles. The first-order chi connectivity index (χ1) is 16.5. The van der Waals surface area contributed by atoms with Crippen molar-refractivity contribution >= 4 is 40.9 Å². The number of ether oxygens (including phenoxy) is 1. The summed E-state index contributed by atoms with van der Waals surface area (Å²) in [6.45, 7) is 2.37. The molecule has 174 valence electrons. The molecule has 0 fully saturated rings. The van der Waals surface area contributed by atoms with Gasteiger partial charge in [-0.3, -0.25) is 9.59 Å². The van der Waals surface area contributed by atoms with Gasteiger partial charge in [-0.15, -0.1) is 11.8 Å². The maximum atomic E-state index is 13.3. The fourth-order valence-electron chi connectivity index (χ4n) is 3.03. The van der Waals surface area contributed by atoms with E-state index in [1.54, 1.807) is 30.3 Å². The molecule has 1 atom stereocenters. The van der Waals surface area contributed by atoms with Crippen LogP contribution in [-0.4, -0.2) is 29.5 Å². The summed E-state index contributed by atoms with van der Waals surface area (Å²) in [5.41, 5.74) is 1.95. The highest BCUT2D eigenvalue weighted by molar-refractivity contribution is 8.00. The SMILES string of the molecule is CCOc1ccccc1NC(=O)C(Sc1ccc(NC(=O)/C=C/C(=O)O)cc1)c1ccccc1. The van der Waals surface area contributed by atoms with E-state index in [0.717, 1.165) is 22.6 Å². The number of para-hydroxylation sites is 2. The molecule has 0 aliphatic heterocycles. The van der Waals surface area contributed by atoms with Crippen molar-refractivity contribution in [3.63, 3.8) is 0 Å². The van der Waals surface area contributed by atoms with Crippen LogP contribution in [0, 0.1) is 0 Å². The van der Waals surface area contributed by atoms with Crippen LogP contribution in [0.15, 0.2) is 95.9 Å². The maximum absolute atomic E-state index is 13.3. The second-order valence-corrected chi connectivity index (χ2v) is 8.19. The fraction of sp³-hybridized carbons (Fsp3) is 0.115. The van der Waals surface area contributed by atoms with Crippen LogP contribution in [0.2, 0.25) is 0 Å². The predicted molar refractivity (Wildman–Crippen MR) is 133 cm³/mol. The highest BCUT2D eigenvalue weighted by Crippen LogP contribution is 2.37. The topological polar surface area (TPSA) is 105 Å². The molecular formula is C26H24N2O5S. The number of carboxylic acid groups (broad SMARTS) is 1. The molecule has 8 heteroatoms. The Hall–Kier alpha value is -4.04. The first-order valence-electron chi connectivity index (χ1n) is 10.5. The van der Waals surface area contributed by atoms with Gasteiger partial charge in [0.15, 0.2) is 0 Å². The van der Waals surface area contributed by atoms with E-state index in [0.29, 0.717) is 23.7 Å². The molecule has 0 aromatic heterocycles. The predicted octanol–water partition coefficient (Wildman–Crippen LogP) is 5.14. The average molecular weight is 477 g/mol. The van der Waals surface area contributed by atoms with E-state index in [9.17, 15) is 14.4 Å². The van der Waals surface area contributed by atoms with Gasteiger partial charge in [0.25, 0.3) is 0 Å². The second kappa shape index (κ2) is 12.3. The average Bonchev–Trinajstić information content (AvgIpc) is 2.84. The number of aliphatic carboxylic acids is 1. The Labute approximate surface area is 201 Å². The molecule has 3 N–H and O–H groups in total. The van der Waals surface area contributed by atoms with Crippen LogP contribution < -0.4 is 15.4 Å². The summed E-state index contributed by atoms with van der Waals surface area (Å²) in [6, 6.07) is 23.7. The number of thioether (sulfide) groups is 1. The summed E-state index contributed by atoms with van der Waals surface area (Å²) in [5, 5.41) is 13.6. The Balaban J connectivity index is 1.76. The first kappa shape index (κ1) is 24.6. The van der Waals surface area contributed by atoms with Crippen LogP contribution >= 0.6 is 11.8 Å². The Bertz CT molecular complexity index is 1160. The number of hydrogen-bond acceptors (Lipinski definition) is 5. The minimum absolute atomic E-state index is 0.195. The molecule has 7 nitrogen and oxygen atoms in total. The van der Waals surface area contributed by atoms with Crippen molar-refractivity contribution in [1.82, 2.24) is 0 Å². The van der Waals surface area contributed by atoms with E-state index in [2.05, 4.69) is 10.6 Å². The van der Waals surface area contributed by atoms with E-state index < -0.39 is 17.1 Å². The lowest BCUT2D eigenvalue weighted by atomic mass is 10.1. The number of anilines is 2. The number of nitrogens with one attached hydrogen (secondary N) is 2. The van der Waals surface area contributed by atoms with Crippen molar-refractivity contribution in [2.45, 2.75) is 17.1 Å². The first-order valence-corrected chi connectivity index (χ1v) is 11.4. The normalized spacial score (nSPS) is 11.6. The Morgan fingerprint density at radius 2 is 1.59 bits per heavy atom. The quantitative estimate of drug-likeness (QED) is 0.277. The third-order valence-electron chi connectivity index (χ3n) is 4.54. The molecule has 0 bridgehead atoms. The van der Waals surface area contributed by atoms with Crippen LogP contribution in [0.1, 0.15) is 17.7 Å². The smallest absolute Gasteiger partial charge is 0.328 e. The molecule has 0 saturated heterocycles. The number of benzene rings is 3. The van der Waals surface area contributed by atoms with Gasteiger partial charge in [0.1, 0.15) is 11.0 Å². The molecule has 0 radical (unpaired) electrons. The summed E-state index contributed by atoms with van der Waals surface area (Å²) in [4.78, 5) is 36.4. The molecule has 0 spiro atoms. The van der Waals surface area contributed by atoms with E-state index >= 15 is 0 Å². The molecule has 0 heterocycles. The third-order valence-corrected chi connectivity index (χ3v) is 5.80. The monoisotopic (exact) mass is 476 g/mol. The molecule has 2 amide bonds. The molecule has 0 aliphatic rings. The Kier molecular flexibility index (Phi) is 8.88. The molecule has 3 rings (SSSR count). The standard InChI is InChI=1S/C26H24N2O5S/c1-2-33-22-11-7-6-10-21(22)28-26(32)25(18-8-4-3-5-9-18)34-20-14-12-19(13-15-20)27-23(29)16-17-24(30)31/h3-17,25H,2H2,1H3,(H,27,29)(H,28,32)(H,30,31)/b17-16+. The number of hydrogen-bond donors (Lipinski definition) is 3. The minimum Gasteiger partial charge on any atom is -0.492 e. The van der Waals surface area contributed by atoms with E-state index in [4.69, 9.17) is 9.84 Å². The van der Waals surface area contributed by atoms with Crippen LogP contribution in [0.5, 0.6) is 5.75 Å². The van der Waals surface area contributed by atoms with E-state index in [1.807, 2.05) is 55.5 Å². The zero-order valence-electron chi connectivity index (χ0n) is 18.4. The lowest BCUT2D eigenvalue weighted by Crippen LogP contribution is -2.19. The van der Waals surface area contributed by atoms with Crippen molar-refractivity contribution in [1.29, 1.82) is 0 Å². The Morgan fingerprint density at radius 3 is 2.26 bits per heavy atom. The van der Waals surface area contributed by atoms with Crippen LogP contribution in [0.25, 0.3) is 0 Å². The number of carbonyl (C=O) groups is 3. The fourth-order valence-corrected chi connectivity index (χ4v) is 4.06. The van der Waals surface area contributed by atoms with Crippen LogP contribution in [-0.2, 0) is 14.4 Å². The third kappa shape index (κ3) is 7.25. The van der Waals surface area contributed by atoms with Gasteiger partial charge < -0.3 is 20.5 Å². The molecule has 3 aromatic rings. The van der Waals surface area contributed by atoms with Crippen LogP contribution in [0.4, 0.5) is 11.4 Å². The summed E-state index contributed by atoms with van der Waals surface area (Å²) < 4.78 is 5.62. The summed E-state index contributed by atoms with van der Waals surface area (Å²) in [5.74, 6) is -1.33. The van der Waals surface area contributed by atoms with Gasteiger partial charge in [0.2, 0.25) is 11.8 Å². The van der Waals surface area contributed by atoms with E-state index in [-0.39, 0.29) is 5.91 Å². The maximum Gasteiger partial charge on any atom is 0.328 e. The summed E-state index contributed by atoms with van der Waals surface area (Å²) in [6.07, 6.45) is 1.72. The van der Waals surface area contributed by atoms with Gasteiger partial charge >= 0.3 is 5.97 Å². The minimum atomic E-state index is -1.20. The van der Waals surface area contributed by atoms with Gasteiger partial charge in [-0.05, 0) is 48.9 Å². The number of carboxylic acids is 1. The highest BCUT2D eigenvalue weighted by Gasteiger charge is 2.23. The Morgan fingerprint density at radius 1 is 0.912 bits per heavy atom. The van der Waals surface area contributed by atoms with Crippen molar-refractivity contribution in [2.24, 2.45) is 0 Å². The zero-order valence-corrected chi connectivity index (χ0v) is 19.2. The van der Waals surface area contributed by atoms with Gasteiger partial charge in [-0.25, -0.2) is 4.79 Å².